The van der Waals surface area contributed by atoms with Crippen LogP contribution >= 0.6 is 0 Å². The lowest BCUT2D eigenvalue weighted by atomic mass is 9.98. The molecule has 30 heavy (non-hydrogen) atoms. The minimum atomic E-state index is -0.673. The molecular weight excluding hydrogens is 380 g/mol. The van der Waals surface area contributed by atoms with Crippen molar-refractivity contribution < 1.29 is 14.4 Å². The fourth-order valence-electron chi connectivity index (χ4n) is 4.45. The van der Waals surface area contributed by atoms with Crippen LogP contribution in [0.1, 0.15) is 63.5 Å². The van der Waals surface area contributed by atoms with Crippen LogP contribution in [0.4, 0.5) is 4.79 Å². The van der Waals surface area contributed by atoms with E-state index in [-0.39, 0.29) is 17.8 Å². The summed E-state index contributed by atoms with van der Waals surface area (Å²) in [6.45, 7) is 7.91. The second kappa shape index (κ2) is 10.1. The van der Waals surface area contributed by atoms with Crippen LogP contribution in [-0.2, 0) is 22.7 Å². The number of nitrogens with one attached hydrogen (secondary N) is 2. The highest BCUT2D eigenvalue weighted by molar-refractivity contribution is 6.07. The van der Waals surface area contributed by atoms with Crippen molar-refractivity contribution in [1.82, 2.24) is 20.4 Å². The lowest BCUT2D eigenvalue weighted by Gasteiger charge is -2.20. The molecule has 3 rings (SSSR count). The van der Waals surface area contributed by atoms with E-state index in [0.717, 1.165) is 50.9 Å². The Labute approximate surface area is 179 Å². The maximum Gasteiger partial charge on any atom is 0.325 e. The molecule has 1 saturated carbocycles. The topological polar surface area (TPSA) is 81.8 Å². The van der Waals surface area contributed by atoms with Gasteiger partial charge in [-0.25, -0.2) is 4.79 Å². The number of carbonyl (C=O) groups excluding carboxylic acids is 3. The molecule has 1 heterocycles. The summed E-state index contributed by atoms with van der Waals surface area (Å²) in [6, 6.07) is 7.86. The summed E-state index contributed by atoms with van der Waals surface area (Å²) in [5.41, 5.74) is 1.67. The van der Waals surface area contributed by atoms with E-state index in [2.05, 4.69) is 35.4 Å². The van der Waals surface area contributed by atoms with E-state index in [4.69, 9.17) is 0 Å². The van der Waals surface area contributed by atoms with Crippen LogP contribution < -0.4 is 10.6 Å². The first-order valence-corrected chi connectivity index (χ1v) is 11.2. The van der Waals surface area contributed by atoms with E-state index in [0.29, 0.717) is 25.9 Å². The van der Waals surface area contributed by atoms with Gasteiger partial charge in [0.15, 0.2) is 0 Å². The zero-order valence-electron chi connectivity index (χ0n) is 18.2. The number of urea groups is 1. The largest absolute Gasteiger partial charge is 0.352 e. The van der Waals surface area contributed by atoms with Crippen molar-refractivity contribution in [2.45, 2.75) is 71.0 Å². The Kier molecular flexibility index (Phi) is 7.48. The predicted molar refractivity (Wildman–Crippen MR) is 116 cm³/mol. The molecule has 2 aliphatic rings. The molecule has 7 nitrogen and oxygen atoms in total. The molecule has 1 aromatic carbocycles. The van der Waals surface area contributed by atoms with Gasteiger partial charge in [0.25, 0.3) is 5.91 Å². The molecular formula is C23H34N4O3. The molecule has 0 atom stereocenters. The molecule has 1 saturated heterocycles. The van der Waals surface area contributed by atoms with E-state index < -0.39 is 5.54 Å². The molecule has 0 aromatic heterocycles. The third kappa shape index (κ3) is 5.01. The highest BCUT2D eigenvalue weighted by Crippen LogP contribution is 2.35. The Morgan fingerprint density at radius 3 is 2.47 bits per heavy atom. The van der Waals surface area contributed by atoms with Crippen LogP contribution in [0.25, 0.3) is 0 Å². The average molecular weight is 415 g/mol. The molecule has 164 valence electrons. The normalized spacial score (nSPS) is 17.8. The summed E-state index contributed by atoms with van der Waals surface area (Å²) in [5.74, 6) is -0.175. The quantitative estimate of drug-likeness (QED) is 0.577. The average Bonchev–Trinajstić information content (AvgIpc) is 3.31. The van der Waals surface area contributed by atoms with Crippen molar-refractivity contribution in [3.63, 3.8) is 0 Å². The van der Waals surface area contributed by atoms with E-state index in [1.54, 1.807) is 0 Å². The van der Waals surface area contributed by atoms with Crippen LogP contribution in [0.15, 0.2) is 24.3 Å². The number of carbonyl (C=O) groups is 3. The van der Waals surface area contributed by atoms with Gasteiger partial charge in [0.2, 0.25) is 5.91 Å². The highest BCUT2D eigenvalue weighted by Gasteiger charge is 2.51. The zero-order chi connectivity index (χ0) is 21.6. The molecule has 0 bridgehead atoms. The van der Waals surface area contributed by atoms with Gasteiger partial charge in [-0.1, -0.05) is 51.0 Å². The first-order chi connectivity index (χ1) is 14.5. The molecule has 0 unspecified atom stereocenters. The van der Waals surface area contributed by atoms with Gasteiger partial charge in [0, 0.05) is 26.1 Å². The Hall–Kier alpha value is -2.41. The number of benzene rings is 1. The first kappa shape index (κ1) is 22.3. The van der Waals surface area contributed by atoms with Gasteiger partial charge < -0.3 is 10.6 Å². The summed E-state index contributed by atoms with van der Waals surface area (Å²) in [7, 11) is 0. The number of rotatable bonds is 10. The summed E-state index contributed by atoms with van der Waals surface area (Å²) in [4.78, 5) is 40.8. The molecule has 0 radical (unpaired) electrons. The SMILES string of the molecule is CCN(CC)Cc1ccccc1CNC(=O)CCCN1C(=O)NC2(CCCC2)C1=O. The summed E-state index contributed by atoms with van der Waals surface area (Å²) in [5, 5.41) is 5.86. The van der Waals surface area contributed by atoms with Crippen molar-refractivity contribution in [2.24, 2.45) is 0 Å². The van der Waals surface area contributed by atoms with Crippen molar-refractivity contribution in [3.05, 3.63) is 35.4 Å². The number of amides is 4. The number of hydrogen-bond donors (Lipinski definition) is 2. The van der Waals surface area contributed by atoms with Crippen molar-refractivity contribution >= 4 is 17.8 Å². The van der Waals surface area contributed by atoms with Crippen LogP contribution in [-0.4, -0.2) is 52.8 Å². The fraction of sp³-hybridized carbons (Fsp3) is 0.609. The van der Waals surface area contributed by atoms with Gasteiger partial charge in [-0.2, -0.15) is 0 Å². The standard InChI is InChI=1S/C23H34N4O3/c1-3-26(4-2)17-19-11-6-5-10-18(19)16-24-20(28)12-9-15-27-21(29)23(25-22(27)30)13-7-8-14-23/h5-6,10-11H,3-4,7-9,12-17H2,1-2H3,(H,24,28)(H,25,30). The van der Waals surface area contributed by atoms with Crippen LogP contribution in [0.2, 0.25) is 0 Å². The van der Waals surface area contributed by atoms with Gasteiger partial charge in [-0.3, -0.25) is 19.4 Å². The summed E-state index contributed by atoms with van der Waals surface area (Å²) in [6.07, 6.45) is 4.16. The lowest BCUT2D eigenvalue weighted by molar-refractivity contribution is -0.131. The van der Waals surface area contributed by atoms with Gasteiger partial charge in [0.05, 0.1) is 0 Å². The van der Waals surface area contributed by atoms with Gasteiger partial charge in [-0.15, -0.1) is 0 Å². The van der Waals surface area contributed by atoms with Crippen molar-refractivity contribution in [1.29, 1.82) is 0 Å². The molecule has 2 fully saturated rings. The molecule has 4 amide bonds. The third-order valence-corrected chi connectivity index (χ3v) is 6.37. The van der Waals surface area contributed by atoms with Crippen LogP contribution in [0, 0.1) is 0 Å². The van der Waals surface area contributed by atoms with E-state index >= 15 is 0 Å². The third-order valence-electron chi connectivity index (χ3n) is 6.37. The van der Waals surface area contributed by atoms with Gasteiger partial charge in [-0.05, 0) is 43.5 Å². The molecule has 2 N–H and O–H groups in total. The maximum atomic E-state index is 12.6. The molecule has 1 spiro atoms. The van der Waals surface area contributed by atoms with E-state index in [1.807, 2.05) is 18.2 Å². The smallest absolute Gasteiger partial charge is 0.325 e. The second-order valence-electron chi connectivity index (χ2n) is 8.29. The van der Waals surface area contributed by atoms with E-state index in [1.165, 1.54) is 10.5 Å². The highest BCUT2D eigenvalue weighted by atomic mass is 16.2. The molecule has 1 aromatic rings. The monoisotopic (exact) mass is 414 g/mol. The van der Waals surface area contributed by atoms with Crippen molar-refractivity contribution in [2.75, 3.05) is 19.6 Å². The van der Waals surface area contributed by atoms with Crippen molar-refractivity contribution in [3.8, 4) is 0 Å². The second-order valence-corrected chi connectivity index (χ2v) is 8.29. The Morgan fingerprint density at radius 2 is 1.80 bits per heavy atom. The van der Waals surface area contributed by atoms with E-state index in [9.17, 15) is 14.4 Å². The zero-order valence-corrected chi connectivity index (χ0v) is 18.2. The summed E-state index contributed by atoms with van der Waals surface area (Å²) >= 11 is 0. The number of imide groups is 1. The minimum absolute atomic E-state index is 0.0599. The fourth-order valence-corrected chi connectivity index (χ4v) is 4.45. The Bertz CT molecular complexity index is 769. The van der Waals surface area contributed by atoms with Crippen LogP contribution in [0.5, 0.6) is 0 Å². The Balaban J connectivity index is 1.45. The summed E-state index contributed by atoms with van der Waals surface area (Å²) < 4.78 is 0. The van der Waals surface area contributed by atoms with Gasteiger partial charge in [0.1, 0.15) is 5.54 Å². The van der Waals surface area contributed by atoms with Gasteiger partial charge >= 0.3 is 6.03 Å². The first-order valence-electron chi connectivity index (χ1n) is 11.2. The molecule has 1 aliphatic carbocycles. The number of hydrogen-bond acceptors (Lipinski definition) is 4. The lowest BCUT2D eigenvalue weighted by Crippen LogP contribution is -2.44. The molecule has 1 aliphatic heterocycles. The van der Waals surface area contributed by atoms with Crippen LogP contribution in [0.3, 0.4) is 0 Å². The molecule has 7 heteroatoms. The maximum absolute atomic E-state index is 12.6. The predicted octanol–water partition coefficient (Wildman–Crippen LogP) is 2.79. The Morgan fingerprint density at radius 1 is 1.13 bits per heavy atom. The minimum Gasteiger partial charge on any atom is -0.352 e. The number of nitrogens with zero attached hydrogens (tertiary/aromatic N) is 2.